The average Bonchev–Trinajstić information content (AvgIpc) is 4.14. The number of hydrogen-bond acceptors (Lipinski definition) is 11. The Morgan fingerprint density at radius 1 is 0.746 bits per heavy atom. The molecule has 8 heterocycles. The van der Waals surface area contributed by atoms with Gasteiger partial charge < -0.3 is 38.2 Å². The first-order valence-electron chi connectivity index (χ1n) is 22.5. The molecule has 360 valence electrons. The molecule has 6 aromatic heterocycles. The van der Waals surface area contributed by atoms with Crippen molar-refractivity contribution in [3.63, 3.8) is 0 Å². The average molecular weight is 1060 g/mol. The molecule has 2 saturated carbocycles. The van der Waals surface area contributed by atoms with Crippen molar-refractivity contribution in [3.8, 4) is 17.2 Å². The Hall–Kier alpha value is -4.72. The minimum absolute atomic E-state index is 0.00817. The van der Waals surface area contributed by atoms with E-state index in [1.165, 1.54) is 6.20 Å². The molecule has 4 fully saturated rings. The quantitative estimate of drug-likeness (QED) is 0.123. The third-order valence-electron chi connectivity index (χ3n) is 12.9. The van der Waals surface area contributed by atoms with Crippen LogP contribution in [0.3, 0.4) is 0 Å². The van der Waals surface area contributed by atoms with Gasteiger partial charge in [0.25, 0.3) is 0 Å². The minimum atomic E-state index is -0.622. The summed E-state index contributed by atoms with van der Waals surface area (Å²) >= 11 is 6.53. The Bertz CT molecular complexity index is 2830. The molecule has 4 aliphatic rings. The summed E-state index contributed by atoms with van der Waals surface area (Å²) in [5, 5.41) is 4.17. The van der Waals surface area contributed by atoms with Gasteiger partial charge in [0.2, 0.25) is 17.5 Å². The van der Waals surface area contributed by atoms with E-state index in [0.29, 0.717) is 39.1 Å². The third kappa shape index (κ3) is 9.66. The zero-order chi connectivity index (χ0) is 48.4. The standard InChI is InChI=1S/C23H27FN4O3.C17H20BrFN2O2.C8H10BrFN2O/c1-14(2)31-20-15(9-17(29)16-5-8-27(4)26-16)10-28-11-18(25-21(28)19(20)24)23-7-6-22(3,12-23)30-13-23;1-10(2)23-14-11(18)6-21-7-12(20-15(21)13(14)19)17-5-4-16(3,8-17)22-9-17;1-4(2)13-7-5(9)3-12-8(11)6(7)10/h5,8,10-11,14H,6-7,9,12-13H2,1-4H3;6-7,10H,4-5,8-9H2,1-3H3;3-4H,1-2H3,(H2,11,12). The van der Waals surface area contributed by atoms with E-state index >= 15 is 4.39 Å². The van der Waals surface area contributed by atoms with Gasteiger partial charge in [-0.1, -0.05) is 0 Å². The smallest absolute Gasteiger partial charge is 0.209 e. The lowest BCUT2D eigenvalue weighted by atomic mass is 9.84. The number of rotatable bonds is 11. The van der Waals surface area contributed by atoms with Crippen LogP contribution in [0.15, 0.2) is 52.2 Å². The first-order valence-corrected chi connectivity index (χ1v) is 24.1. The second-order valence-corrected chi connectivity index (χ2v) is 21.3. The highest BCUT2D eigenvalue weighted by molar-refractivity contribution is 9.10. The summed E-state index contributed by atoms with van der Waals surface area (Å²) in [6, 6.07) is 1.66. The van der Waals surface area contributed by atoms with Crippen molar-refractivity contribution in [1.82, 2.24) is 33.5 Å². The van der Waals surface area contributed by atoms with Gasteiger partial charge in [-0.25, -0.2) is 15.0 Å². The maximum Gasteiger partial charge on any atom is 0.209 e. The second kappa shape index (κ2) is 18.3. The Kier molecular flexibility index (Phi) is 13.3. The molecule has 67 heavy (non-hydrogen) atoms. The molecule has 0 radical (unpaired) electrons. The SMILES string of the molecule is CC(C)Oc1c(Br)cn2cc(C34CCC(C)(C3)OC4)nc2c1F.CC(C)Oc1c(Br)cnc(N)c1F.CC(C)Oc1c(CC(=O)c2ccn(C)n2)cn2cc(C34CCC(C)(C3)OC4)nc2c1F. The van der Waals surface area contributed by atoms with Gasteiger partial charge in [0, 0.05) is 67.0 Å². The van der Waals surface area contributed by atoms with Crippen LogP contribution in [0.2, 0.25) is 0 Å². The van der Waals surface area contributed by atoms with Crippen LogP contribution in [0.1, 0.15) is 121 Å². The van der Waals surface area contributed by atoms with Crippen LogP contribution in [0, 0.1) is 17.5 Å². The van der Waals surface area contributed by atoms with E-state index in [-0.39, 0.29) is 81.3 Å². The summed E-state index contributed by atoms with van der Waals surface area (Å²) in [7, 11) is 1.75. The van der Waals surface area contributed by atoms with E-state index in [1.807, 2.05) is 60.1 Å². The van der Waals surface area contributed by atoms with Crippen molar-refractivity contribution in [2.75, 3.05) is 18.9 Å². The predicted octanol–water partition coefficient (Wildman–Crippen LogP) is 10.2. The normalized spacial score (nSPS) is 23.9. The lowest BCUT2D eigenvalue weighted by Crippen LogP contribution is -2.26. The van der Waals surface area contributed by atoms with E-state index in [0.717, 1.165) is 49.9 Å². The summed E-state index contributed by atoms with van der Waals surface area (Å²) in [5.74, 6) is -1.51. The summed E-state index contributed by atoms with van der Waals surface area (Å²) in [6.45, 7) is 16.6. The molecule has 19 heteroatoms. The number of carbonyl (C=O) groups is 1. The van der Waals surface area contributed by atoms with Crippen LogP contribution >= 0.6 is 31.9 Å². The van der Waals surface area contributed by atoms with Gasteiger partial charge in [-0.3, -0.25) is 9.48 Å². The van der Waals surface area contributed by atoms with E-state index in [2.05, 4.69) is 65.8 Å². The largest absolute Gasteiger partial charge is 0.487 e. The molecule has 4 unspecified atom stereocenters. The van der Waals surface area contributed by atoms with Gasteiger partial charge in [0.15, 0.2) is 40.1 Å². The van der Waals surface area contributed by atoms with Crippen molar-refractivity contribution in [2.24, 2.45) is 7.05 Å². The molecule has 14 nitrogen and oxygen atoms in total. The van der Waals surface area contributed by atoms with E-state index in [4.69, 9.17) is 29.4 Å². The highest BCUT2D eigenvalue weighted by atomic mass is 79.9. The maximum absolute atomic E-state index is 15.6. The van der Waals surface area contributed by atoms with Crippen LogP contribution < -0.4 is 19.9 Å². The van der Waals surface area contributed by atoms with Crippen LogP contribution in [0.4, 0.5) is 19.0 Å². The summed E-state index contributed by atoms with van der Waals surface area (Å²) in [6.07, 6.45) is 16.0. The molecule has 0 aromatic carbocycles. The number of Topliss-reactive ketones (excluding diaryl/α,β-unsaturated/α-hetero) is 1. The molecular formula is C48H57Br2F3N8O6. The van der Waals surface area contributed by atoms with E-state index in [9.17, 15) is 13.6 Å². The van der Waals surface area contributed by atoms with Crippen molar-refractivity contribution >= 4 is 54.8 Å². The lowest BCUT2D eigenvalue weighted by molar-refractivity contribution is -0.00648. The number of carbonyl (C=O) groups excluding carboxylic acids is 1. The summed E-state index contributed by atoms with van der Waals surface area (Å²) in [4.78, 5) is 25.7. The first kappa shape index (κ1) is 48.7. The van der Waals surface area contributed by atoms with Gasteiger partial charge in [0.05, 0.1) is 63.1 Å². The fourth-order valence-electron chi connectivity index (χ4n) is 9.64. The number of ether oxygens (including phenoxy) is 5. The molecule has 0 amide bonds. The highest BCUT2D eigenvalue weighted by Crippen LogP contribution is 2.55. The Morgan fingerprint density at radius 2 is 1.24 bits per heavy atom. The monoisotopic (exact) mass is 1060 g/mol. The Morgan fingerprint density at radius 3 is 1.69 bits per heavy atom. The number of halogens is 5. The van der Waals surface area contributed by atoms with Gasteiger partial charge in [-0.05, 0) is 132 Å². The number of nitrogens with two attached hydrogens (primary N) is 1. The van der Waals surface area contributed by atoms with Gasteiger partial charge in [-0.15, -0.1) is 0 Å². The van der Waals surface area contributed by atoms with Crippen LogP contribution in [-0.2, 0) is 33.8 Å². The molecule has 2 saturated heterocycles. The summed E-state index contributed by atoms with van der Waals surface area (Å²) in [5.41, 5.74) is 8.01. The molecule has 10 rings (SSSR count). The fourth-order valence-corrected chi connectivity index (χ4v) is 10.5. The topological polar surface area (TPSA) is 155 Å². The number of ketones is 1. The number of aromatic nitrogens is 7. The Labute approximate surface area is 404 Å². The van der Waals surface area contributed by atoms with Gasteiger partial charge >= 0.3 is 0 Å². The number of hydrogen-bond donors (Lipinski definition) is 1. The highest BCUT2D eigenvalue weighted by Gasteiger charge is 2.56. The molecule has 4 bridgehead atoms. The minimum Gasteiger partial charge on any atom is -0.487 e. The molecule has 2 aliphatic carbocycles. The van der Waals surface area contributed by atoms with Gasteiger partial charge in [-0.2, -0.15) is 18.3 Å². The van der Waals surface area contributed by atoms with Crippen molar-refractivity contribution in [3.05, 3.63) is 92.3 Å². The molecular weight excluding hydrogens is 1000 g/mol. The van der Waals surface area contributed by atoms with E-state index in [1.54, 1.807) is 39.0 Å². The number of fused-ring (bicyclic) bond motifs is 6. The third-order valence-corrected chi connectivity index (χ3v) is 14.0. The first-order chi connectivity index (χ1) is 31.5. The number of pyridine rings is 3. The zero-order valence-corrected chi connectivity index (χ0v) is 42.4. The Balaban J connectivity index is 0.000000148. The molecule has 2 N–H and O–H groups in total. The number of nitrogen functional groups attached to an aromatic ring is 1. The number of anilines is 1. The number of nitrogens with zero attached hydrogens (tertiary/aromatic N) is 7. The van der Waals surface area contributed by atoms with Crippen molar-refractivity contribution in [1.29, 1.82) is 0 Å². The zero-order valence-electron chi connectivity index (χ0n) is 39.2. The molecule has 4 atom stereocenters. The van der Waals surface area contributed by atoms with Crippen LogP contribution in [0.5, 0.6) is 17.2 Å². The summed E-state index contributed by atoms with van der Waals surface area (Å²) < 4.78 is 78.3. The fraction of sp³-hybridized carbons (Fsp3) is 0.521. The van der Waals surface area contributed by atoms with Crippen molar-refractivity contribution in [2.45, 2.75) is 141 Å². The van der Waals surface area contributed by atoms with Gasteiger partial charge in [0.1, 0.15) is 5.69 Å². The maximum atomic E-state index is 15.6. The lowest BCUT2D eigenvalue weighted by Gasteiger charge is -2.24. The number of aryl methyl sites for hydroxylation is 1. The molecule has 0 spiro atoms. The van der Waals surface area contributed by atoms with Crippen molar-refractivity contribution < 1.29 is 41.7 Å². The van der Waals surface area contributed by atoms with E-state index < -0.39 is 17.5 Å². The molecule has 2 aliphatic heterocycles. The predicted molar refractivity (Wildman–Crippen MR) is 253 cm³/mol. The number of imidazole rings is 2. The van der Waals surface area contributed by atoms with Crippen LogP contribution in [0.25, 0.3) is 11.3 Å². The second-order valence-electron chi connectivity index (χ2n) is 19.6. The van der Waals surface area contributed by atoms with Crippen LogP contribution in [-0.4, -0.2) is 82.0 Å². The molecule has 6 aromatic rings.